The van der Waals surface area contributed by atoms with Crippen LogP contribution in [-0.2, 0) is 11.3 Å². The van der Waals surface area contributed by atoms with Gasteiger partial charge in [0.05, 0.1) is 53.1 Å². The lowest BCUT2D eigenvalue weighted by molar-refractivity contribution is -0.917. The van der Waals surface area contributed by atoms with Gasteiger partial charge in [-0.1, -0.05) is 0 Å². The Bertz CT molecular complexity index is 690. The van der Waals surface area contributed by atoms with Crippen molar-refractivity contribution in [3.8, 4) is 17.2 Å². The maximum Gasteiger partial charge on any atom is 0.312 e. The highest BCUT2D eigenvalue weighted by Gasteiger charge is 2.25. The number of hydrogen-bond donors (Lipinski definition) is 3. The summed E-state index contributed by atoms with van der Waals surface area (Å²) in [5.74, 6) is 2.12. The van der Waals surface area contributed by atoms with Crippen LogP contribution in [0.4, 0.5) is 4.79 Å². The van der Waals surface area contributed by atoms with Crippen molar-refractivity contribution >= 4 is 11.9 Å². The van der Waals surface area contributed by atoms with Gasteiger partial charge in [-0.25, -0.2) is 4.79 Å². The predicted molar refractivity (Wildman–Crippen MR) is 109 cm³/mol. The van der Waals surface area contributed by atoms with E-state index in [-0.39, 0.29) is 5.91 Å². The summed E-state index contributed by atoms with van der Waals surface area (Å²) >= 11 is 0. The van der Waals surface area contributed by atoms with E-state index in [1.807, 2.05) is 17.0 Å². The summed E-state index contributed by atoms with van der Waals surface area (Å²) in [5, 5.41) is 2.54. The maximum absolute atomic E-state index is 12.4. The zero-order valence-electron chi connectivity index (χ0n) is 17.6. The molecule has 1 fully saturated rings. The topological polar surface area (TPSA) is 108 Å². The lowest BCUT2D eigenvalue weighted by Gasteiger charge is -2.32. The molecule has 1 saturated heterocycles. The number of ether oxygens (including phenoxy) is 3. The zero-order valence-corrected chi connectivity index (χ0v) is 17.6. The van der Waals surface area contributed by atoms with E-state index >= 15 is 0 Å². The average molecular weight is 410 g/mol. The van der Waals surface area contributed by atoms with Crippen LogP contribution in [0, 0.1) is 0 Å². The standard InChI is InChI=1S/C20H32N4O5/c1-27-16-8-7-15(18(28-2)19(16)29-3)14-23-10-12-24(13-11-23)17(25)6-4-5-9-22-20(21)26/h7-8H,4-6,9-14H2,1-3H3,(H3,21,22,26)/p+1. The Hall–Kier alpha value is -2.68. The molecular weight excluding hydrogens is 376 g/mol. The summed E-state index contributed by atoms with van der Waals surface area (Å²) in [6.45, 7) is 4.55. The molecule has 1 heterocycles. The normalized spacial score (nSPS) is 14.4. The van der Waals surface area contributed by atoms with Crippen LogP contribution in [-0.4, -0.2) is 70.9 Å². The molecule has 0 radical (unpaired) electrons. The Balaban J connectivity index is 1.82. The maximum atomic E-state index is 12.4. The van der Waals surface area contributed by atoms with E-state index in [0.717, 1.165) is 51.1 Å². The van der Waals surface area contributed by atoms with Crippen LogP contribution in [0.25, 0.3) is 0 Å². The molecular formula is C20H33N4O5+. The summed E-state index contributed by atoms with van der Waals surface area (Å²) in [4.78, 5) is 26.3. The van der Waals surface area contributed by atoms with Crippen molar-refractivity contribution in [2.24, 2.45) is 5.73 Å². The van der Waals surface area contributed by atoms with Gasteiger partial charge in [-0.3, -0.25) is 4.79 Å². The van der Waals surface area contributed by atoms with Crippen molar-refractivity contribution in [3.05, 3.63) is 17.7 Å². The van der Waals surface area contributed by atoms with Gasteiger partial charge in [-0.05, 0) is 25.0 Å². The molecule has 0 saturated carbocycles. The monoisotopic (exact) mass is 409 g/mol. The molecule has 0 bridgehead atoms. The molecule has 9 nitrogen and oxygen atoms in total. The molecule has 29 heavy (non-hydrogen) atoms. The molecule has 1 aromatic rings. The number of carbonyl (C=O) groups excluding carboxylic acids is 2. The van der Waals surface area contributed by atoms with Crippen molar-refractivity contribution < 1.29 is 28.7 Å². The SMILES string of the molecule is COc1ccc(C[NH+]2CCN(C(=O)CCCCNC(N)=O)CC2)c(OC)c1OC. The van der Waals surface area contributed by atoms with E-state index in [9.17, 15) is 9.59 Å². The first kappa shape index (κ1) is 22.6. The summed E-state index contributed by atoms with van der Waals surface area (Å²) in [5.41, 5.74) is 6.08. The predicted octanol–water partition coefficient (Wildman–Crippen LogP) is -0.222. The fraction of sp³-hybridized carbons (Fsp3) is 0.600. The van der Waals surface area contributed by atoms with Crippen LogP contribution < -0.4 is 30.2 Å². The van der Waals surface area contributed by atoms with Crippen molar-refractivity contribution in [2.45, 2.75) is 25.8 Å². The third-order valence-electron chi connectivity index (χ3n) is 5.17. The number of hydrogen-bond acceptors (Lipinski definition) is 5. The highest BCUT2D eigenvalue weighted by atomic mass is 16.5. The number of piperazine rings is 1. The minimum absolute atomic E-state index is 0.173. The number of nitrogens with zero attached hydrogens (tertiary/aromatic N) is 1. The number of carbonyl (C=O) groups is 2. The average Bonchev–Trinajstić information content (AvgIpc) is 2.73. The molecule has 1 aliphatic rings. The van der Waals surface area contributed by atoms with Gasteiger partial charge < -0.3 is 35.1 Å². The van der Waals surface area contributed by atoms with Gasteiger partial charge in [0, 0.05) is 13.0 Å². The Morgan fingerprint density at radius 1 is 1.07 bits per heavy atom. The van der Waals surface area contributed by atoms with Gasteiger partial charge >= 0.3 is 6.03 Å². The first-order chi connectivity index (χ1) is 14.0. The number of quaternary nitrogens is 1. The first-order valence-electron chi connectivity index (χ1n) is 9.92. The van der Waals surface area contributed by atoms with Crippen LogP contribution in [0.15, 0.2) is 12.1 Å². The van der Waals surface area contributed by atoms with E-state index in [2.05, 4.69) is 5.32 Å². The molecule has 0 spiro atoms. The largest absolute Gasteiger partial charge is 0.493 e. The fourth-order valence-electron chi connectivity index (χ4n) is 3.59. The second kappa shape index (κ2) is 11.4. The van der Waals surface area contributed by atoms with Crippen molar-refractivity contribution in [1.82, 2.24) is 10.2 Å². The number of rotatable bonds is 10. The molecule has 3 amide bonds. The fourth-order valence-corrected chi connectivity index (χ4v) is 3.59. The Morgan fingerprint density at radius 3 is 2.34 bits per heavy atom. The quantitative estimate of drug-likeness (QED) is 0.463. The van der Waals surface area contributed by atoms with E-state index in [1.54, 1.807) is 21.3 Å². The summed E-state index contributed by atoms with van der Waals surface area (Å²) in [6.07, 6.45) is 1.99. The number of urea groups is 1. The smallest absolute Gasteiger partial charge is 0.312 e. The zero-order chi connectivity index (χ0) is 21.2. The Morgan fingerprint density at radius 2 is 1.76 bits per heavy atom. The summed E-state index contributed by atoms with van der Waals surface area (Å²) < 4.78 is 16.4. The van der Waals surface area contributed by atoms with Crippen LogP contribution in [0.5, 0.6) is 17.2 Å². The van der Waals surface area contributed by atoms with Crippen LogP contribution in [0.3, 0.4) is 0 Å². The highest BCUT2D eigenvalue weighted by molar-refractivity contribution is 5.76. The van der Waals surface area contributed by atoms with Gasteiger partial charge in [-0.2, -0.15) is 0 Å². The van der Waals surface area contributed by atoms with Gasteiger partial charge in [0.1, 0.15) is 6.54 Å². The first-order valence-corrected chi connectivity index (χ1v) is 9.92. The molecule has 1 aliphatic heterocycles. The lowest BCUT2D eigenvalue weighted by Crippen LogP contribution is -3.13. The second-order valence-corrected chi connectivity index (χ2v) is 7.05. The highest BCUT2D eigenvalue weighted by Crippen LogP contribution is 2.39. The Kier molecular flexibility index (Phi) is 8.85. The van der Waals surface area contributed by atoms with Crippen molar-refractivity contribution in [2.75, 3.05) is 54.1 Å². The van der Waals surface area contributed by atoms with Gasteiger partial charge in [0.15, 0.2) is 11.5 Å². The molecule has 9 heteroatoms. The molecule has 0 unspecified atom stereocenters. The van der Waals surface area contributed by atoms with Crippen molar-refractivity contribution in [3.63, 3.8) is 0 Å². The molecule has 0 atom stereocenters. The lowest BCUT2D eigenvalue weighted by atomic mass is 10.1. The van der Waals surface area contributed by atoms with E-state index in [0.29, 0.717) is 30.2 Å². The number of nitrogens with one attached hydrogen (secondary N) is 2. The molecule has 4 N–H and O–H groups in total. The number of amides is 3. The number of primary amides is 1. The molecule has 2 rings (SSSR count). The number of nitrogens with two attached hydrogens (primary N) is 1. The second-order valence-electron chi connectivity index (χ2n) is 7.05. The minimum atomic E-state index is -0.526. The van der Waals surface area contributed by atoms with Gasteiger partial charge in [0.2, 0.25) is 11.7 Å². The minimum Gasteiger partial charge on any atom is -0.493 e. The van der Waals surface area contributed by atoms with Gasteiger partial charge in [0.25, 0.3) is 0 Å². The molecule has 0 aromatic heterocycles. The van der Waals surface area contributed by atoms with E-state index in [1.165, 1.54) is 4.90 Å². The Labute approximate surface area is 172 Å². The molecule has 1 aromatic carbocycles. The third-order valence-corrected chi connectivity index (χ3v) is 5.17. The van der Waals surface area contributed by atoms with Crippen molar-refractivity contribution in [1.29, 1.82) is 0 Å². The van der Waals surface area contributed by atoms with E-state index < -0.39 is 6.03 Å². The van der Waals surface area contributed by atoms with Crippen LogP contribution in [0.2, 0.25) is 0 Å². The van der Waals surface area contributed by atoms with Gasteiger partial charge in [-0.15, -0.1) is 0 Å². The number of benzene rings is 1. The molecule has 162 valence electrons. The molecule has 0 aliphatic carbocycles. The third kappa shape index (κ3) is 6.42. The summed E-state index contributed by atoms with van der Waals surface area (Å²) in [6, 6.07) is 3.37. The van der Waals surface area contributed by atoms with Crippen LogP contribution in [0.1, 0.15) is 24.8 Å². The van der Waals surface area contributed by atoms with E-state index in [4.69, 9.17) is 19.9 Å². The van der Waals surface area contributed by atoms with Crippen LogP contribution >= 0.6 is 0 Å². The number of unbranched alkanes of at least 4 members (excludes halogenated alkanes) is 1. The summed E-state index contributed by atoms with van der Waals surface area (Å²) in [7, 11) is 4.84. The number of methoxy groups -OCH3 is 3.